The van der Waals surface area contributed by atoms with Crippen LogP contribution in [0.15, 0.2) is 30.9 Å². The summed E-state index contributed by atoms with van der Waals surface area (Å²) >= 11 is 0. The fourth-order valence-corrected chi connectivity index (χ4v) is 3.94. The molecular formula is C20H19F2N7O2. The summed E-state index contributed by atoms with van der Waals surface area (Å²) in [6.07, 6.45) is 0.172. The number of amides is 1. The minimum atomic E-state index is -2.79. The summed E-state index contributed by atoms with van der Waals surface area (Å²) in [5.41, 5.74) is 0.325. The number of halogens is 2. The van der Waals surface area contributed by atoms with Crippen molar-refractivity contribution in [2.75, 3.05) is 18.0 Å². The molecule has 2 atom stereocenters. The van der Waals surface area contributed by atoms with Gasteiger partial charge in [-0.3, -0.25) is 4.57 Å². The first-order valence-electron chi connectivity index (χ1n) is 9.58. The van der Waals surface area contributed by atoms with Gasteiger partial charge in [-0.25, -0.2) is 28.5 Å². The Labute approximate surface area is 176 Å². The summed E-state index contributed by atoms with van der Waals surface area (Å²) in [6.45, 7) is 4.11. The number of fused-ring (bicyclic) bond motifs is 1. The number of nitriles is 1. The topological polar surface area (TPSA) is 111 Å². The summed E-state index contributed by atoms with van der Waals surface area (Å²) in [4.78, 5) is 27.4. The van der Waals surface area contributed by atoms with Crippen molar-refractivity contribution in [2.24, 2.45) is 0 Å². The van der Waals surface area contributed by atoms with Crippen LogP contribution >= 0.6 is 0 Å². The predicted molar refractivity (Wildman–Crippen MR) is 107 cm³/mol. The SMILES string of the molecule is CC1CN(C(=O)O)[C@@H](C)CN1c1ncnc2c1c(C(F)F)cn2-c1cc(C#N)ccn1. The predicted octanol–water partition coefficient (Wildman–Crippen LogP) is 3.20. The van der Waals surface area contributed by atoms with Gasteiger partial charge < -0.3 is 14.9 Å². The Bertz CT molecular complexity index is 1190. The smallest absolute Gasteiger partial charge is 0.407 e. The zero-order chi connectivity index (χ0) is 22.3. The van der Waals surface area contributed by atoms with Crippen molar-refractivity contribution < 1.29 is 18.7 Å². The second kappa shape index (κ2) is 7.79. The highest BCUT2D eigenvalue weighted by atomic mass is 19.3. The highest BCUT2D eigenvalue weighted by molar-refractivity contribution is 5.93. The Balaban J connectivity index is 1.87. The molecule has 1 N–H and O–H groups in total. The molecule has 1 amide bonds. The van der Waals surface area contributed by atoms with E-state index >= 15 is 0 Å². The average Bonchev–Trinajstić information content (AvgIpc) is 3.15. The van der Waals surface area contributed by atoms with Gasteiger partial charge in [0.1, 0.15) is 18.0 Å². The molecule has 0 saturated carbocycles. The van der Waals surface area contributed by atoms with Crippen LogP contribution in [-0.4, -0.2) is 60.8 Å². The Morgan fingerprint density at radius 3 is 2.71 bits per heavy atom. The van der Waals surface area contributed by atoms with E-state index in [-0.39, 0.29) is 41.0 Å². The fraction of sp³-hybridized carbons (Fsp3) is 0.350. The normalized spacial score (nSPS) is 19.1. The molecule has 9 nitrogen and oxygen atoms in total. The largest absolute Gasteiger partial charge is 0.465 e. The summed E-state index contributed by atoms with van der Waals surface area (Å²) in [5.74, 6) is 0.609. The molecule has 11 heteroatoms. The monoisotopic (exact) mass is 427 g/mol. The molecule has 1 unspecified atom stereocenters. The van der Waals surface area contributed by atoms with E-state index in [4.69, 9.17) is 5.26 Å². The number of piperazine rings is 1. The Kier molecular flexibility index (Phi) is 5.14. The Hall–Kier alpha value is -3.81. The second-order valence-electron chi connectivity index (χ2n) is 7.45. The number of nitrogens with zero attached hydrogens (tertiary/aromatic N) is 7. The molecule has 3 aromatic rings. The van der Waals surface area contributed by atoms with Gasteiger partial charge in [0, 0.05) is 43.1 Å². The third kappa shape index (κ3) is 3.50. The highest BCUT2D eigenvalue weighted by Gasteiger charge is 2.35. The van der Waals surface area contributed by atoms with Crippen molar-refractivity contribution in [1.29, 1.82) is 5.26 Å². The van der Waals surface area contributed by atoms with E-state index in [1.54, 1.807) is 6.92 Å². The molecule has 0 aromatic carbocycles. The number of rotatable bonds is 3. The van der Waals surface area contributed by atoms with Crippen LogP contribution in [0.4, 0.5) is 19.4 Å². The molecular weight excluding hydrogens is 408 g/mol. The van der Waals surface area contributed by atoms with Crippen molar-refractivity contribution in [3.8, 4) is 11.9 Å². The molecule has 160 valence electrons. The first-order valence-corrected chi connectivity index (χ1v) is 9.58. The lowest BCUT2D eigenvalue weighted by Gasteiger charge is -2.43. The van der Waals surface area contributed by atoms with E-state index in [1.165, 1.54) is 40.3 Å². The molecule has 4 rings (SSSR count). The fourth-order valence-electron chi connectivity index (χ4n) is 3.94. The lowest BCUT2D eigenvalue weighted by atomic mass is 10.1. The quantitative estimate of drug-likeness (QED) is 0.683. The third-order valence-corrected chi connectivity index (χ3v) is 5.45. The molecule has 0 radical (unpaired) electrons. The molecule has 0 spiro atoms. The van der Waals surface area contributed by atoms with Gasteiger partial charge >= 0.3 is 6.09 Å². The number of carboxylic acid groups (broad SMARTS) is 1. The lowest BCUT2D eigenvalue weighted by Crippen LogP contribution is -2.58. The van der Waals surface area contributed by atoms with E-state index in [0.29, 0.717) is 17.9 Å². The average molecular weight is 427 g/mol. The third-order valence-electron chi connectivity index (χ3n) is 5.45. The summed E-state index contributed by atoms with van der Waals surface area (Å²) in [5, 5.41) is 18.7. The number of hydrogen-bond acceptors (Lipinski definition) is 6. The van der Waals surface area contributed by atoms with E-state index < -0.39 is 12.5 Å². The van der Waals surface area contributed by atoms with Gasteiger partial charge in [-0.2, -0.15) is 5.26 Å². The van der Waals surface area contributed by atoms with Crippen LogP contribution < -0.4 is 4.90 Å². The number of pyridine rings is 1. The number of alkyl halides is 2. The van der Waals surface area contributed by atoms with Crippen LogP contribution in [0, 0.1) is 11.3 Å². The number of carbonyl (C=O) groups is 1. The maximum absolute atomic E-state index is 14.0. The molecule has 1 saturated heterocycles. The zero-order valence-corrected chi connectivity index (χ0v) is 16.8. The van der Waals surface area contributed by atoms with Gasteiger partial charge in [-0.1, -0.05) is 0 Å². The van der Waals surface area contributed by atoms with Crippen LogP contribution in [0.3, 0.4) is 0 Å². The molecule has 3 aromatic heterocycles. The van der Waals surface area contributed by atoms with Crippen LogP contribution in [-0.2, 0) is 0 Å². The van der Waals surface area contributed by atoms with Crippen LogP contribution in [0.2, 0.25) is 0 Å². The van der Waals surface area contributed by atoms with Crippen LogP contribution in [0.1, 0.15) is 31.4 Å². The van der Waals surface area contributed by atoms with Gasteiger partial charge in [-0.15, -0.1) is 0 Å². The van der Waals surface area contributed by atoms with Crippen molar-refractivity contribution >= 4 is 22.9 Å². The molecule has 1 fully saturated rings. The van der Waals surface area contributed by atoms with Crippen molar-refractivity contribution in [3.63, 3.8) is 0 Å². The van der Waals surface area contributed by atoms with Gasteiger partial charge in [0.2, 0.25) is 0 Å². The molecule has 0 aliphatic carbocycles. The molecule has 31 heavy (non-hydrogen) atoms. The Morgan fingerprint density at radius 2 is 2.03 bits per heavy atom. The standard InChI is InChI=1S/C20H19F2N7O2/c1-11-8-28(20(30)31)12(2)7-27(11)18-16-14(17(21)22)9-29(19(16)26-10-25-18)15-5-13(6-23)3-4-24-15/h3-5,9-12,17H,7-8H2,1-2H3,(H,30,31)/t11?,12-/m0/s1. The number of aromatic nitrogens is 4. The van der Waals surface area contributed by atoms with Crippen molar-refractivity contribution in [3.05, 3.63) is 42.0 Å². The summed E-state index contributed by atoms with van der Waals surface area (Å²) < 4.78 is 29.4. The summed E-state index contributed by atoms with van der Waals surface area (Å²) in [6, 6.07) is 4.40. The maximum atomic E-state index is 14.0. The molecule has 4 heterocycles. The van der Waals surface area contributed by atoms with E-state index in [9.17, 15) is 18.7 Å². The first kappa shape index (κ1) is 20.5. The number of hydrogen-bond donors (Lipinski definition) is 1. The maximum Gasteiger partial charge on any atom is 0.407 e. The molecule has 1 aliphatic rings. The Morgan fingerprint density at radius 1 is 1.26 bits per heavy atom. The van der Waals surface area contributed by atoms with E-state index in [2.05, 4.69) is 15.0 Å². The summed E-state index contributed by atoms with van der Waals surface area (Å²) in [7, 11) is 0. The van der Waals surface area contributed by atoms with Gasteiger partial charge in [-0.05, 0) is 26.0 Å². The first-order chi connectivity index (χ1) is 14.8. The van der Waals surface area contributed by atoms with Crippen molar-refractivity contribution in [1.82, 2.24) is 24.4 Å². The van der Waals surface area contributed by atoms with Gasteiger partial charge in [0.05, 0.1) is 17.0 Å². The van der Waals surface area contributed by atoms with Crippen LogP contribution in [0.25, 0.3) is 16.9 Å². The minimum Gasteiger partial charge on any atom is -0.465 e. The highest BCUT2D eigenvalue weighted by Crippen LogP contribution is 2.37. The van der Waals surface area contributed by atoms with E-state index in [1.807, 2.05) is 17.9 Å². The van der Waals surface area contributed by atoms with Gasteiger partial charge in [0.15, 0.2) is 5.65 Å². The minimum absolute atomic E-state index is 0.185. The molecule has 0 bridgehead atoms. The molecule has 1 aliphatic heterocycles. The second-order valence-corrected chi connectivity index (χ2v) is 7.45. The number of anilines is 1. The van der Waals surface area contributed by atoms with E-state index in [0.717, 1.165) is 0 Å². The lowest BCUT2D eigenvalue weighted by molar-refractivity contribution is 0.114. The zero-order valence-electron chi connectivity index (χ0n) is 16.8. The van der Waals surface area contributed by atoms with Crippen molar-refractivity contribution in [2.45, 2.75) is 32.4 Å². The van der Waals surface area contributed by atoms with Gasteiger partial charge in [0.25, 0.3) is 6.43 Å². The van der Waals surface area contributed by atoms with Crippen LogP contribution in [0.5, 0.6) is 0 Å².